The molecule has 0 aromatic heterocycles. The zero-order valence-corrected chi connectivity index (χ0v) is 10.1. The molecule has 0 unspecified atom stereocenters. The average molecular weight is 202 g/mol. The first kappa shape index (κ1) is 11.7. The molecule has 1 heteroatoms. The lowest BCUT2D eigenvalue weighted by molar-refractivity contribution is 0.104. The van der Waals surface area contributed by atoms with Crippen LogP contribution in [0.1, 0.15) is 39.5 Å². The van der Waals surface area contributed by atoms with Crippen molar-refractivity contribution < 1.29 is 4.79 Å². The number of hydrogen-bond acceptors (Lipinski definition) is 1. The van der Waals surface area contributed by atoms with Crippen molar-refractivity contribution >= 4 is 5.78 Å². The molecule has 1 nitrogen and oxygen atoms in total. The van der Waals surface area contributed by atoms with Crippen LogP contribution < -0.4 is 0 Å². The summed E-state index contributed by atoms with van der Waals surface area (Å²) in [7, 11) is 0. The van der Waals surface area contributed by atoms with Gasteiger partial charge < -0.3 is 0 Å². The Balaban J connectivity index is 3.45. The Morgan fingerprint density at radius 1 is 1.07 bits per heavy atom. The quantitative estimate of drug-likeness (QED) is 0.528. The maximum Gasteiger partial charge on any atom is 0.186 e. The number of rotatable bonds is 2. The molecule has 0 fully saturated rings. The van der Waals surface area contributed by atoms with Crippen LogP contribution in [-0.4, -0.2) is 5.78 Å². The van der Waals surface area contributed by atoms with Crippen molar-refractivity contribution in [1.82, 2.24) is 0 Å². The van der Waals surface area contributed by atoms with Crippen LogP contribution in [0.15, 0.2) is 18.2 Å². The van der Waals surface area contributed by atoms with E-state index in [0.717, 1.165) is 16.7 Å². The Labute approximate surface area is 91.8 Å². The molecule has 0 radical (unpaired) electrons. The van der Waals surface area contributed by atoms with Crippen LogP contribution in [0.5, 0.6) is 0 Å². The van der Waals surface area contributed by atoms with Crippen LogP contribution in [0.4, 0.5) is 0 Å². The SMILES string of the molecule is CC=CC(=O)c1c(C)c(C)cc(C)c1C. The summed E-state index contributed by atoms with van der Waals surface area (Å²) < 4.78 is 0. The summed E-state index contributed by atoms with van der Waals surface area (Å²) in [5.74, 6) is 0.110. The first-order valence-electron chi connectivity index (χ1n) is 5.23. The van der Waals surface area contributed by atoms with Crippen LogP contribution in [0.25, 0.3) is 0 Å². The number of carbonyl (C=O) groups is 1. The molecule has 0 aliphatic carbocycles. The Morgan fingerprint density at radius 3 is 1.93 bits per heavy atom. The van der Waals surface area contributed by atoms with Crippen LogP contribution in [0, 0.1) is 27.7 Å². The third-order valence-electron chi connectivity index (χ3n) is 2.93. The minimum Gasteiger partial charge on any atom is -0.289 e. The third-order valence-corrected chi connectivity index (χ3v) is 2.93. The van der Waals surface area contributed by atoms with Gasteiger partial charge in [0, 0.05) is 5.56 Å². The van der Waals surface area contributed by atoms with Gasteiger partial charge in [-0.2, -0.15) is 0 Å². The minimum absolute atomic E-state index is 0.110. The summed E-state index contributed by atoms with van der Waals surface area (Å²) in [6.45, 7) is 9.99. The fourth-order valence-electron chi connectivity index (χ4n) is 1.82. The second-order valence-corrected chi connectivity index (χ2v) is 4.00. The fraction of sp³-hybridized carbons (Fsp3) is 0.357. The highest BCUT2D eigenvalue weighted by molar-refractivity contribution is 6.07. The lowest BCUT2D eigenvalue weighted by Crippen LogP contribution is -2.05. The van der Waals surface area contributed by atoms with Crippen molar-refractivity contribution in [3.8, 4) is 0 Å². The van der Waals surface area contributed by atoms with Gasteiger partial charge in [-0.1, -0.05) is 12.1 Å². The largest absolute Gasteiger partial charge is 0.289 e. The number of aryl methyl sites for hydroxylation is 2. The van der Waals surface area contributed by atoms with Gasteiger partial charge in [0.2, 0.25) is 0 Å². The van der Waals surface area contributed by atoms with E-state index < -0.39 is 0 Å². The molecule has 0 amide bonds. The van der Waals surface area contributed by atoms with E-state index in [-0.39, 0.29) is 5.78 Å². The van der Waals surface area contributed by atoms with Crippen molar-refractivity contribution in [2.75, 3.05) is 0 Å². The first-order valence-corrected chi connectivity index (χ1v) is 5.23. The van der Waals surface area contributed by atoms with Crippen molar-refractivity contribution in [3.05, 3.63) is 46.0 Å². The summed E-state index contributed by atoms with van der Waals surface area (Å²) in [5.41, 5.74) is 5.44. The van der Waals surface area contributed by atoms with Gasteiger partial charge in [0.25, 0.3) is 0 Å². The van der Waals surface area contributed by atoms with Gasteiger partial charge in [-0.05, 0) is 62.9 Å². The molecule has 0 atom stereocenters. The standard InChI is InChI=1S/C14H18O/c1-6-7-13(15)14-11(4)9(2)8-10(3)12(14)5/h6-8H,1-5H3. The van der Waals surface area contributed by atoms with Gasteiger partial charge in [0.05, 0.1) is 0 Å². The summed E-state index contributed by atoms with van der Waals surface area (Å²) in [6, 6.07) is 2.14. The molecular weight excluding hydrogens is 184 g/mol. The maximum absolute atomic E-state index is 11.9. The van der Waals surface area contributed by atoms with Crippen molar-refractivity contribution in [2.24, 2.45) is 0 Å². The predicted molar refractivity (Wildman–Crippen MR) is 64.5 cm³/mol. The molecular formula is C14H18O. The summed E-state index contributed by atoms with van der Waals surface area (Å²) >= 11 is 0. The Kier molecular flexibility index (Phi) is 3.46. The molecule has 0 saturated carbocycles. The minimum atomic E-state index is 0.110. The van der Waals surface area contributed by atoms with E-state index in [1.807, 2.05) is 34.6 Å². The van der Waals surface area contributed by atoms with Crippen molar-refractivity contribution in [1.29, 1.82) is 0 Å². The number of allylic oxidation sites excluding steroid dienone is 2. The van der Waals surface area contributed by atoms with Gasteiger partial charge in [-0.3, -0.25) is 4.79 Å². The van der Waals surface area contributed by atoms with E-state index in [0.29, 0.717) is 0 Å². The topological polar surface area (TPSA) is 17.1 Å². The van der Waals surface area contributed by atoms with Crippen LogP contribution in [0.3, 0.4) is 0 Å². The van der Waals surface area contributed by atoms with Crippen LogP contribution >= 0.6 is 0 Å². The average Bonchev–Trinajstić information content (AvgIpc) is 2.16. The van der Waals surface area contributed by atoms with E-state index in [2.05, 4.69) is 6.07 Å². The normalized spacial score (nSPS) is 11.0. The monoisotopic (exact) mass is 202 g/mol. The van der Waals surface area contributed by atoms with Gasteiger partial charge in [0.15, 0.2) is 5.78 Å². The Hall–Kier alpha value is -1.37. The van der Waals surface area contributed by atoms with Gasteiger partial charge >= 0.3 is 0 Å². The first-order chi connectivity index (χ1) is 6.99. The number of hydrogen-bond donors (Lipinski definition) is 0. The molecule has 80 valence electrons. The summed E-state index contributed by atoms with van der Waals surface area (Å²) in [6.07, 6.45) is 3.42. The number of ketones is 1. The van der Waals surface area contributed by atoms with E-state index in [4.69, 9.17) is 0 Å². The molecule has 0 N–H and O–H groups in total. The van der Waals surface area contributed by atoms with Crippen LogP contribution in [0.2, 0.25) is 0 Å². The van der Waals surface area contributed by atoms with Crippen molar-refractivity contribution in [2.45, 2.75) is 34.6 Å². The summed E-state index contributed by atoms with van der Waals surface area (Å²) in [4.78, 5) is 11.9. The highest BCUT2D eigenvalue weighted by atomic mass is 16.1. The molecule has 0 heterocycles. The number of benzene rings is 1. The Bertz CT molecular complexity index is 399. The second kappa shape index (κ2) is 4.43. The molecule has 1 rings (SSSR count). The Morgan fingerprint density at radius 2 is 1.53 bits per heavy atom. The molecule has 0 aliphatic heterocycles. The maximum atomic E-state index is 11.9. The molecule has 0 aliphatic rings. The smallest absolute Gasteiger partial charge is 0.186 e. The van der Waals surface area contributed by atoms with Gasteiger partial charge in [-0.25, -0.2) is 0 Å². The predicted octanol–water partition coefficient (Wildman–Crippen LogP) is 3.68. The summed E-state index contributed by atoms with van der Waals surface area (Å²) in [5, 5.41) is 0. The van der Waals surface area contributed by atoms with Crippen LogP contribution in [-0.2, 0) is 0 Å². The van der Waals surface area contributed by atoms with E-state index in [1.54, 1.807) is 12.2 Å². The molecule has 0 spiro atoms. The lowest BCUT2D eigenvalue weighted by Gasteiger charge is -2.12. The lowest BCUT2D eigenvalue weighted by atomic mass is 9.91. The van der Waals surface area contributed by atoms with E-state index in [9.17, 15) is 4.79 Å². The van der Waals surface area contributed by atoms with E-state index in [1.165, 1.54) is 11.1 Å². The van der Waals surface area contributed by atoms with Gasteiger partial charge in [-0.15, -0.1) is 0 Å². The number of carbonyl (C=O) groups excluding carboxylic acids is 1. The highest BCUT2D eigenvalue weighted by Crippen LogP contribution is 2.22. The fourth-order valence-corrected chi connectivity index (χ4v) is 1.82. The zero-order chi connectivity index (χ0) is 11.6. The molecule has 1 aromatic rings. The highest BCUT2D eigenvalue weighted by Gasteiger charge is 2.12. The van der Waals surface area contributed by atoms with Crippen molar-refractivity contribution in [3.63, 3.8) is 0 Å². The van der Waals surface area contributed by atoms with E-state index >= 15 is 0 Å². The third kappa shape index (κ3) is 2.17. The van der Waals surface area contributed by atoms with Gasteiger partial charge in [0.1, 0.15) is 0 Å². The molecule has 15 heavy (non-hydrogen) atoms. The molecule has 0 saturated heterocycles. The second-order valence-electron chi connectivity index (χ2n) is 4.00. The molecule has 1 aromatic carbocycles. The zero-order valence-electron chi connectivity index (χ0n) is 10.1. The molecule has 0 bridgehead atoms.